The third-order valence-corrected chi connectivity index (χ3v) is 4.32. The predicted molar refractivity (Wildman–Crippen MR) is 98.4 cm³/mol. The van der Waals surface area contributed by atoms with Crippen molar-refractivity contribution >= 4 is 22.6 Å². The molecule has 1 aromatic carbocycles. The van der Waals surface area contributed by atoms with E-state index in [1.54, 1.807) is 0 Å². The highest BCUT2D eigenvalue weighted by Gasteiger charge is 2.14. The van der Waals surface area contributed by atoms with Crippen molar-refractivity contribution in [3.8, 4) is 0 Å². The molecule has 0 saturated carbocycles. The van der Waals surface area contributed by atoms with Gasteiger partial charge in [0, 0.05) is 48.5 Å². The van der Waals surface area contributed by atoms with E-state index >= 15 is 0 Å². The summed E-state index contributed by atoms with van der Waals surface area (Å²) in [6, 6.07) is 7.63. The highest BCUT2D eigenvalue weighted by Crippen LogP contribution is 2.20. The number of rotatable bonds is 7. The van der Waals surface area contributed by atoms with E-state index in [9.17, 15) is 4.79 Å². The second-order valence-electron chi connectivity index (χ2n) is 6.63. The smallest absolute Gasteiger partial charge is 0.319 e. The van der Waals surface area contributed by atoms with Crippen LogP contribution < -0.4 is 10.6 Å². The maximum atomic E-state index is 12.0. The molecule has 2 rings (SSSR count). The SMILES string of the molecule is C[C@@H](CO)[C@@H](C)NC(=O)Nc1ccc2c(ccn2CCN(C)C)c1. The van der Waals surface area contributed by atoms with Crippen LogP contribution in [0.3, 0.4) is 0 Å². The van der Waals surface area contributed by atoms with Gasteiger partial charge in [0.15, 0.2) is 0 Å². The van der Waals surface area contributed by atoms with Crippen molar-refractivity contribution in [1.29, 1.82) is 0 Å². The van der Waals surface area contributed by atoms with E-state index in [1.807, 2.05) is 32.0 Å². The third kappa shape index (κ3) is 4.72. The summed E-state index contributed by atoms with van der Waals surface area (Å²) < 4.78 is 2.21. The van der Waals surface area contributed by atoms with Gasteiger partial charge < -0.3 is 25.2 Å². The average Bonchev–Trinajstić information content (AvgIpc) is 2.94. The van der Waals surface area contributed by atoms with Crippen molar-refractivity contribution < 1.29 is 9.90 Å². The molecule has 6 heteroatoms. The van der Waals surface area contributed by atoms with Crippen molar-refractivity contribution in [3.63, 3.8) is 0 Å². The Hall–Kier alpha value is -2.05. The molecule has 0 aliphatic heterocycles. The molecule has 1 aromatic heterocycles. The number of carbonyl (C=O) groups is 1. The monoisotopic (exact) mass is 332 g/mol. The van der Waals surface area contributed by atoms with Crippen LogP contribution in [0.25, 0.3) is 10.9 Å². The van der Waals surface area contributed by atoms with Crippen molar-refractivity contribution in [2.45, 2.75) is 26.4 Å². The molecule has 2 amide bonds. The van der Waals surface area contributed by atoms with Crippen LogP contribution in [0.5, 0.6) is 0 Å². The zero-order chi connectivity index (χ0) is 17.7. The summed E-state index contributed by atoms with van der Waals surface area (Å²) in [4.78, 5) is 14.2. The number of fused-ring (bicyclic) bond motifs is 1. The lowest BCUT2D eigenvalue weighted by Gasteiger charge is -2.19. The minimum atomic E-state index is -0.255. The Bertz CT molecular complexity index is 681. The van der Waals surface area contributed by atoms with E-state index in [4.69, 9.17) is 5.11 Å². The summed E-state index contributed by atoms with van der Waals surface area (Å²) in [7, 11) is 4.12. The quantitative estimate of drug-likeness (QED) is 0.729. The van der Waals surface area contributed by atoms with Gasteiger partial charge in [0.05, 0.1) is 0 Å². The van der Waals surface area contributed by atoms with Gasteiger partial charge in [-0.1, -0.05) is 6.92 Å². The summed E-state index contributed by atoms with van der Waals surface area (Å²) >= 11 is 0. The lowest BCUT2D eigenvalue weighted by atomic mass is 10.1. The van der Waals surface area contributed by atoms with E-state index in [0.717, 1.165) is 29.7 Å². The highest BCUT2D eigenvalue weighted by molar-refractivity contribution is 5.93. The number of hydrogen-bond donors (Lipinski definition) is 3. The topological polar surface area (TPSA) is 69.5 Å². The number of likely N-dealkylation sites (N-methyl/N-ethyl adjacent to an activating group) is 1. The molecule has 0 radical (unpaired) electrons. The molecule has 3 N–H and O–H groups in total. The van der Waals surface area contributed by atoms with Crippen LogP contribution in [0.2, 0.25) is 0 Å². The van der Waals surface area contributed by atoms with Crippen molar-refractivity contribution in [2.75, 3.05) is 32.6 Å². The molecule has 6 nitrogen and oxygen atoms in total. The second kappa shape index (κ2) is 8.17. The van der Waals surface area contributed by atoms with Crippen molar-refractivity contribution in [2.24, 2.45) is 5.92 Å². The number of aromatic nitrogens is 1. The van der Waals surface area contributed by atoms with Gasteiger partial charge in [-0.15, -0.1) is 0 Å². The van der Waals surface area contributed by atoms with E-state index < -0.39 is 0 Å². The van der Waals surface area contributed by atoms with Crippen LogP contribution >= 0.6 is 0 Å². The summed E-state index contributed by atoms with van der Waals surface area (Å²) in [5.74, 6) is 0.0176. The normalized spacial score (nSPS) is 13.9. The number of anilines is 1. The number of urea groups is 1. The summed E-state index contributed by atoms with van der Waals surface area (Å²) in [5.41, 5.74) is 1.92. The Morgan fingerprint density at radius 1 is 1.29 bits per heavy atom. The highest BCUT2D eigenvalue weighted by atomic mass is 16.3. The summed E-state index contributed by atoms with van der Waals surface area (Å²) in [6.07, 6.45) is 2.07. The third-order valence-electron chi connectivity index (χ3n) is 4.32. The van der Waals surface area contributed by atoms with Crippen molar-refractivity contribution in [3.05, 3.63) is 30.5 Å². The molecule has 0 aliphatic carbocycles. The fraction of sp³-hybridized carbons (Fsp3) is 0.500. The minimum absolute atomic E-state index is 0.0176. The van der Waals surface area contributed by atoms with Gasteiger partial charge in [-0.2, -0.15) is 0 Å². The molecule has 2 atom stereocenters. The number of aliphatic hydroxyl groups is 1. The van der Waals surface area contributed by atoms with Gasteiger partial charge in [-0.3, -0.25) is 0 Å². The fourth-order valence-electron chi connectivity index (χ4n) is 2.45. The maximum absolute atomic E-state index is 12.0. The Morgan fingerprint density at radius 2 is 2.04 bits per heavy atom. The molecule has 0 fully saturated rings. The van der Waals surface area contributed by atoms with Gasteiger partial charge in [0.1, 0.15) is 0 Å². The maximum Gasteiger partial charge on any atom is 0.319 e. The van der Waals surface area contributed by atoms with Crippen molar-refractivity contribution in [1.82, 2.24) is 14.8 Å². The molecule has 0 aliphatic rings. The van der Waals surface area contributed by atoms with Gasteiger partial charge in [-0.25, -0.2) is 4.79 Å². The predicted octanol–water partition coefficient (Wildman–Crippen LogP) is 2.34. The number of aliphatic hydroxyl groups excluding tert-OH is 1. The average molecular weight is 332 g/mol. The molecule has 0 bridgehead atoms. The molecule has 2 aromatic rings. The van der Waals surface area contributed by atoms with Crippen LogP contribution in [0, 0.1) is 5.92 Å². The first-order valence-electron chi connectivity index (χ1n) is 8.32. The first-order chi connectivity index (χ1) is 11.4. The van der Waals surface area contributed by atoms with Crippen LogP contribution in [0.4, 0.5) is 10.5 Å². The zero-order valence-electron chi connectivity index (χ0n) is 14.9. The first kappa shape index (κ1) is 18.3. The van der Waals surface area contributed by atoms with Crippen LogP contribution in [0.15, 0.2) is 30.5 Å². The molecule has 24 heavy (non-hydrogen) atoms. The largest absolute Gasteiger partial charge is 0.396 e. The minimum Gasteiger partial charge on any atom is -0.396 e. The molecule has 1 heterocycles. The Morgan fingerprint density at radius 3 is 2.71 bits per heavy atom. The number of hydrogen-bond acceptors (Lipinski definition) is 3. The summed E-state index contributed by atoms with van der Waals surface area (Å²) in [5, 5.41) is 15.9. The van der Waals surface area contributed by atoms with E-state index in [2.05, 4.69) is 46.5 Å². The number of nitrogens with zero attached hydrogens (tertiary/aromatic N) is 2. The van der Waals surface area contributed by atoms with Gasteiger partial charge in [0.2, 0.25) is 0 Å². The van der Waals surface area contributed by atoms with Gasteiger partial charge in [0.25, 0.3) is 0 Å². The standard InChI is InChI=1S/C18H28N4O2/c1-13(12-23)14(2)19-18(24)20-16-5-6-17-15(11-16)7-8-22(17)10-9-21(3)4/h5-8,11,13-14,23H,9-10,12H2,1-4H3,(H2,19,20,24)/t13-,14+/m0/s1. The van der Waals surface area contributed by atoms with E-state index in [0.29, 0.717) is 0 Å². The molecular weight excluding hydrogens is 304 g/mol. The number of benzene rings is 1. The lowest BCUT2D eigenvalue weighted by molar-refractivity contribution is 0.204. The zero-order valence-corrected chi connectivity index (χ0v) is 14.9. The number of nitrogens with one attached hydrogen (secondary N) is 2. The van der Waals surface area contributed by atoms with Crippen LogP contribution in [0.1, 0.15) is 13.8 Å². The van der Waals surface area contributed by atoms with E-state index in [-0.39, 0.29) is 24.6 Å². The molecule has 0 unspecified atom stereocenters. The fourth-order valence-corrected chi connectivity index (χ4v) is 2.45. The molecule has 0 saturated heterocycles. The van der Waals surface area contributed by atoms with Crippen LogP contribution in [-0.4, -0.2) is 53.9 Å². The molecular formula is C18H28N4O2. The van der Waals surface area contributed by atoms with Gasteiger partial charge >= 0.3 is 6.03 Å². The van der Waals surface area contributed by atoms with Crippen LogP contribution in [-0.2, 0) is 6.54 Å². The van der Waals surface area contributed by atoms with E-state index in [1.165, 1.54) is 0 Å². The second-order valence-corrected chi connectivity index (χ2v) is 6.63. The summed E-state index contributed by atoms with van der Waals surface area (Å²) in [6.45, 7) is 5.74. The Balaban J connectivity index is 2.02. The Labute approximate surface area is 143 Å². The number of carbonyl (C=O) groups excluding carboxylic acids is 1. The Kier molecular flexibility index (Phi) is 6.23. The lowest BCUT2D eigenvalue weighted by Crippen LogP contribution is -2.40. The molecule has 0 spiro atoms. The molecule has 132 valence electrons. The van der Waals surface area contributed by atoms with Gasteiger partial charge in [-0.05, 0) is 51.2 Å². The number of amides is 2. The first-order valence-corrected chi connectivity index (χ1v) is 8.32.